The number of aromatic nitrogens is 4. The fourth-order valence-electron chi connectivity index (χ4n) is 2.63. The minimum absolute atomic E-state index is 0.794. The molecule has 5 heteroatoms. The number of anilines is 1. The smallest absolute Gasteiger partial charge is 0.133 e. The summed E-state index contributed by atoms with van der Waals surface area (Å²) in [4.78, 5) is 8.94. The lowest BCUT2D eigenvalue weighted by atomic mass is 10.2. The quantitative estimate of drug-likeness (QED) is 0.900. The van der Waals surface area contributed by atoms with E-state index in [2.05, 4.69) is 21.0 Å². The molecular weight excluding hydrogens is 226 g/mol. The molecule has 96 valence electrons. The number of fused-ring (bicyclic) bond motifs is 1. The van der Waals surface area contributed by atoms with E-state index in [1.54, 1.807) is 0 Å². The van der Waals surface area contributed by atoms with Crippen LogP contribution in [0.25, 0.3) is 11.4 Å². The number of aryl methyl sites for hydroxylation is 2. The molecule has 0 saturated carbocycles. The Morgan fingerprint density at radius 3 is 3.06 bits per heavy atom. The van der Waals surface area contributed by atoms with Gasteiger partial charge in [0.25, 0.3) is 0 Å². The van der Waals surface area contributed by atoms with Crippen LogP contribution >= 0.6 is 0 Å². The predicted octanol–water partition coefficient (Wildman–Crippen LogP) is 2.08. The van der Waals surface area contributed by atoms with Crippen LogP contribution in [-0.2, 0) is 19.5 Å². The van der Waals surface area contributed by atoms with Crippen LogP contribution in [0.2, 0.25) is 0 Å². The van der Waals surface area contributed by atoms with Crippen LogP contribution in [0.5, 0.6) is 0 Å². The molecule has 0 amide bonds. The summed E-state index contributed by atoms with van der Waals surface area (Å²) in [7, 11) is 0. The number of hydrogen-bond donors (Lipinski definition) is 1. The van der Waals surface area contributed by atoms with Gasteiger partial charge in [0.2, 0.25) is 0 Å². The van der Waals surface area contributed by atoms with Crippen LogP contribution in [-0.4, -0.2) is 19.1 Å². The third kappa shape index (κ3) is 1.70. The van der Waals surface area contributed by atoms with Crippen LogP contribution in [0, 0.1) is 0 Å². The van der Waals surface area contributed by atoms with Gasteiger partial charge in [-0.2, -0.15) is 0 Å². The fourth-order valence-corrected chi connectivity index (χ4v) is 2.63. The number of nitrogens with zero attached hydrogens (tertiary/aromatic N) is 4. The van der Waals surface area contributed by atoms with Gasteiger partial charge in [0, 0.05) is 19.5 Å². The maximum atomic E-state index is 6.24. The Bertz CT molecular complexity index is 552. The van der Waals surface area contributed by atoms with E-state index >= 15 is 0 Å². The molecule has 2 aromatic rings. The molecule has 0 spiro atoms. The maximum Gasteiger partial charge on any atom is 0.133 e. The highest BCUT2D eigenvalue weighted by Gasteiger charge is 2.20. The van der Waals surface area contributed by atoms with Crippen molar-refractivity contribution in [2.45, 2.75) is 45.7 Å². The number of nitrogens with two attached hydrogens (primary N) is 1. The van der Waals surface area contributed by atoms with Crippen molar-refractivity contribution in [3.8, 4) is 11.4 Å². The van der Waals surface area contributed by atoms with Gasteiger partial charge in [0.1, 0.15) is 17.3 Å². The van der Waals surface area contributed by atoms with Gasteiger partial charge in [-0.25, -0.2) is 9.97 Å². The van der Waals surface area contributed by atoms with Crippen LogP contribution in [0.1, 0.15) is 32.0 Å². The topological polar surface area (TPSA) is 61.7 Å². The summed E-state index contributed by atoms with van der Waals surface area (Å²) < 4.78 is 4.28. The van der Waals surface area contributed by atoms with Gasteiger partial charge >= 0.3 is 0 Å². The van der Waals surface area contributed by atoms with E-state index in [1.165, 1.54) is 12.8 Å². The SMILES string of the molecule is CCCn1cncc1-c1nc2n(c1N)CCCC2. The molecule has 5 nitrogen and oxygen atoms in total. The number of imidazole rings is 2. The van der Waals surface area contributed by atoms with E-state index < -0.39 is 0 Å². The Kier molecular flexibility index (Phi) is 2.81. The molecule has 1 aliphatic rings. The zero-order valence-electron chi connectivity index (χ0n) is 10.8. The monoisotopic (exact) mass is 245 g/mol. The van der Waals surface area contributed by atoms with Gasteiger partial charge in [-0.05, 0) is 19.3 Å². The molecular formula is C13H19N5. The standard InChI is InChI=1S/C13H19N5/c1-2-6-17-9-15-8-10(17)12-13(14)18-7-4-3-5-11(18)16-12/h8-9H,2-7,14H2,1H3. The summed E-state index contributed by atoms with van der Waals surface area (Å²) in [5.74, 6) is 1.92. The first-order chi connectivity index (χ1) is 8.81. The molecule has 0 unspecified atom stereocenters. The molecule has 1 aliphatic heterocycles. The second-order valence-electron chi connectivity index (χ2n) is 4.84. The average Bonchev–Trinajstić information content (AvgIpc) is 2.96. The number of hydrogen-bond acceptors (Lipinski definition) is 3. The summed E-state index contributed by atoms with van der Waals surface area (Å²) in [6.45, 7) is 4.11. The van der Waals surface area contributed by atoms with Gasteiger partial charge in [-0.1, -0.05) is 6.92 Å². The third-order valence-corrected chi connectivity index (χ3v) is 3.54. The maximum absolute atomic E-state index is 6.24. The second kappa shape index (κ2) is 4.48. The molecule has 18 heavy (non-hydrogen) atoms. The normalized spacial score (nSPS) is 14.7. The van der Waals surface area contributed by atoms with Gasteiger partial charge in [-0.15, -0.1) is 0 Å². The zero-order valence-corrected chi connectivity index (χ0v) is 10.8. The van der Waals surface area contributed by atoms with Crippen molar-refractivity contribution in [3.05, 3.63) is 18.3 Å². The Morgan fingerprint density at radius 1 is 1.39 bits per heavy atom. The number of nitrogen functional groups attached to an aromatic ring is 1. The molecule has 0 bridgehead atoms. The molecule has 0 radical (unpaired) electrons. The highest BCUT2D eigenvalue weighted by Crippen LogP contribution is 2.29. The predicted molar refractivity (Wildman–Crippen MR) is 71.1 cm³/mol. The van der Waals surface area contributed by atoms with E-state index in [1.807, 2.05) is 12.5 Å². The Hall–Kier alpha value is -1.78. The fraction of sp³-hybridized carbons (Fsp3) is 0.538. The summed E-state index contributed by atoms with van der Waals surface area (Å²) in [5.41, 5.74) is 8.18. The summed E-state index contributed by atoms with van der Waals surface area (Å²) >= 11 is 0. The van der Waals surface area contributed by atoms with Gasteiger partial charge in [-0.3, -0.25) is 0 Å². The van der Waals surface area contributed by atoms with Crippen molar-refractivity contribution in [2.24, 2.45) is 0 Å². The van der Waals surface area contributed by atoms with Crippen molar-refractivity contribution in [1.82, 2.24) is 19.1 Å². The Labute approximate surface area is 107 Å². The van der Waals surface area contributed by atoms with Crippen molar-refractivity contribution in [3.63, 3.8) is 0 Å². The van der Waals surface area contributed by atoms with Crippen molar-refractivity contribution < 1.29 is 0 Å². The Morgan fingerprint density at radius 2 is 2.28 bits per heavy atom. The van der Waals surface area contributed by atoms with E-state index in [-0.39, 0.29) is 0 Å². The highest BCUT2D eigenvalue weighted by atomic mass is 15.2. The van der Waals surface area contributed by atoms with E-state index in [0.717, 1.165) is 49.0 Å². The minimum Gasteiger partial charge on any atom is -0.383 e. The first kappa shape index (κ1) is 11.3. The molecule has 3 heterocycles. The molecule has 0 saturated heterocycles. The third-order valence-electron chi connectivity index (χ3n) is 3.54. The second-order valence-corrected chi connectivity index (χ2v) is 4.84. The first-order valence-electron chi connectivity index (χ1n) is 6.66. The molecule has 2 N–H and O–H groups in total. The van der Waals surface area contributed by atoms with Crippen molar-refractivity contribution >= 4 is 5.82 Å². The van der Waals surface area contributed by atoms with Gasteiger partial charge < -0.3 is 14.9 Å². The largest absolute Gasteiger partial charge is 0.383 e. The van der Waals surface area contributed by atoms with Crippen LogP contribution in [0.3, 0.4) is 0 Å². The molecule has 0 aliphatic carbocycles. The highest BCUT2D eigenvalue weighted by molar-refractivity contribution is 5.68. The van der Waals surface area contributed by atoms with Crippen molar-refractivity contribution in [1.29, 1.82) is 0 Å². The van der Waals surface area contributed by atoms with Crippen LogP contribution < -0.4 is 5.73 Å². The van der Waals surface area contributed by atoms with Gasteiger partial charge in [0.15, 0.2) is 0 Å². The van der Waals surface area contributed by atoms with E-state index in [0.29, 0.717) is 0 Å². The zero-order chi connectivity index (χ0) is 12.5. The molecule has 0 fully saturated rings. The lowest BCUT2D eigenvalue weighted by molar-refractivity contribution is 0.527. The Balaban J connectivity index is 2.06. The van der Waals surface area contributed by atoms with Crippen LogP contribution in [0.4, 0.5) is 5.82 Å². The molecule has 0 atom stereocenters. The minimum atomic E-state index is 0.794. The van der Waals surface area contributed by atoms with Crippen LogP contribution in [0.15, 0.2) is 12.5 Å². The first-order valence-corrected chi connectivity index (χ1v) is 6.66. The summed E-state index contributed by atoms with van der Waals surface area (Å²) in [5, 5.41) is 0. The molecule has 0 aromatic carbocycles. The lowest BCUT2D eigenvalue weighted by Gasteiger charge is -2.14. The summed E-state index contributed by atoms with van der Waals surface area (Å²) in [6, 6.07) is 0. The lowest BCUT2D eigenvalue weighted by Crippen LogP contribution is -2.12. The van der Waals surface area contributed by atoms with Crippen molar-refractivity contribution in [2.75, 3.05) is 5.73 Å². The summed E-state index contributed by atoms with van der Waals surface area (Å²) in [6.07, 6.45) is 8.24. The number of rotatable bonds is 3. The van der Waals surface area contributed by atoms with Gasteiger partial charge in [0.05, 0.1) is 18.2 Å². The van der Waals surface area contributed by atoms with E-state index in [4.69, 9.17) is 10.7 Å². The molecule has 2 aromatic heterocycles. The average molecular weight is 245 g/mol. The molecule has 3 rings (SSSR count). The van der Waals surface area contributed by atoms with E-state index in [9.17, 15) is 0 Å².